The average Bonchev–Trinajstić information content (AvgIpc) is 3.04. The van der Waals surface area contributed by atoms with Crippen molar-refractivity contribution in [1.82, 2.24) is 0 Å². The number of carbonyl (C=O) groups excluding carboxylic acids is 1. The van der Waals surface area contributed by atoms with Crippen LogP contribution in [0.4, 0.5) is 10.1 Å². The first-order valence-electron chi connectivity index (χ1n) is 9.18. The van der Waals surface area contributed by atoms with Gasteiger partial charge < -0.3 is 24.4 Å². The lowest BCUT2D eigenvalue weighted by atomic mass is 10.1. The standard InChI is InChI=1S/C22H20FNO6S/c1-4-30-22(27)18-19(26)17(31-21(18)24-14-8-6-5-7-13(14)23)11-12-9-15(25)20(29-3)16(10-12)28-2/h5-11,25-26H,4H2,1-3H3. The monoisotopic (exact) mass is 445 g/mol. The zero-order valence-electron chi connectivity index (χ0n) is 17.0. The summed E-state index contributed by atoms with van der Waals surface area (Å²) < 4.78 is 29.4. The quantitative estimate of drug-likeness (QED) is 0.620. The molecule has 0 saturated heterocycles. The molecular weight excluding hydrogens is 425 g/mol. The van der Waals surface area contributed by atoms with Gasteiger partial charge in [0, 0.05) is 0 Å². The van der Waals surface area contributed by atoms with Crippen LogP contribution in [0.2, 0.25) is 0 Å². The van der Waals surface area contributed by atoms with Gasteiger partial charge in [0.25, 0.3) is 0 Å². The van der Waals surface area contributed by atoms with Crippen molar-refractivity contribution >= 4 is 34.5 Å². The molecular formula is C22H20FNO6S. The van der Waals surface area contributed by atoms with Crippen LogP contribution in [0.15, 0.2) is 57.6 Å². The molecule has 0 aliphatic carbocycles. The number of nitrogens with zero attached hydrogens (tertiary/aromatic N) is 1. The van der Waals surface area contributed by atoms with Crippen LogP contribution in [0, 0.1) is 5.82 Å². The molecule has 1 aliphatic rings. The summed E-state index contributed by atoms with van der Waals surface area (Å²) in [6.07, 6.45) is 1.53. The topological polar surface area (TPSA) is 97.6 Å². The maximum atomic E-state index is 14.1. The molecule has 1 heterocycles. The smallest absolute Gasteiger partial charge is 0.344 e. The molecule has 1 aliphatic heterocycles. The first-order valence-corrected chi connectivity index (χ1v) is 10.00. The molecule has 0 spiro atoms. The number of halogens is 1. The number of aliphatic hydroxyl groups excluding tert-OH is 1. The zero-order chi connectivity index (χ0) is 22.5. The molecule has 0 bridgehead atoms. The number of ether oxygens (including phenoxy) is 3. The van der Waals surface area contributed by atoms with Crippen LogP contribution < -0.4 is 9.47 Å². The summed E-state index contributed by atoms with van der Waals surface area (Å²) in [5.41, 5.74) is 0.329. The van der Waals surface area contributed by atoms with Crippen molar-refractivity contribution in [3.63, 3.8) is 0 Å². The van der Waals surface area contributed by atoms with Crippen molar-refractivity contribution < 1.29 is 33.6 Å². The number of para-hydroxylation sites is 1. The van der Waals surface area contributed by atoms with E-state index >= 15 is 0 Å². The van der Waals surface area contributed by atoms with Crippen molar-refractivity contribution in [1.29, 1.82) is 0 Å². The number of benzene rings is 2. The Morgan fingerprint density at radius 3 is 2.58 bits per heavy atom. The molecule has 9 heteroatoms. The van der Waals surface area contributed by atoms with Gasteiger partial charge in [-0.25, -0.2) is 14.2 Å². The zero-order valence-corrected chi connectivity index (χ0v) is 17.8. The molecule has 2 aromatic carbocycles. The van der Waals surface area contributed by atoms with Gasteiger partial charge in [0.2, 0.25) is 5.75 Å². The molecule has 2 aromatic rings. The van der Waals surface area contributed by atoms with E-state index in [4.69, 9.17) is 14.2 Å². The lowest BCUT2D eigenvalue weighted by Crippen LogP contribution is -2.12. The summed E-state index contributed by atoms with van der Waals surface area (Å²) in [4.78, 5) is 16.9. The fourth-order valence-corrected chi connectivity index (χ4v) is 3.87. The minimum Gasteiger partial charge on any atom is -0.506 e. The molecule has 0 unspecified atom stereocenters. The summed E-state index contributed by atoms with van der Waals surface area (Å²) in [5.74, 6) is -1.41. The van der Waals surface area contributed by atoms with Crippen LogP contribution in [0.25, 0.3) is 6.08 Å². The van der Waals surface area contributed by atoms with Crippen LogP contribution in [0.5, 0.6) is 17.2 Å². The van der Waals surface area contributed by atoms with E-state index in [-0.39, 0.29) is 50.8 Å². The van der Waals surface area contributed by atoms with Crippen molar-refractivity contribution in [2.24, 2.45) is 4.99 Å². The van der Waals surface area contributed by atoms with Crippen molar-refractivity contribution in [3.8, 4) is 17.2 Å². The van der Waals surface area contributed by atoms with E-state index in [2.05, 4.69) is 4.99 Å². The molecule has 0 aromatic heterocycles. The lowest BCUT2D eigenvalue weighted by Gasteiger charge is -2.10. The molecule has 0 atom stereocenters. The first-order chi connectivity index (χ1) is 14.9. The van der Waals surface area contributed by atoms with Crippen LogP contribution >= 0.6 is 11.8 Å². The van der Waals surface area contributed by atoms with Gasteiger partial charge in [0.1, 0.15) is 27.9 Å². The summed E-state index contributed by atoms with van der Waals surface area (Å²) in [6.45, 7) is 1.73. The number of phenolic OH excluding ortho intramolecular Hbond substituents is 1. The predicted molar refractivity (Wildman–Crippen MR) is 117 cm³/mol. The minimum atomic E-state index is -0.777. The van der Waals surface area contributed by atoms with Crippen LogP contribution in [0.1, 0.15) is 12.5 Å². The largest absolute Gasteiger partial charge is 0.506 e. The molecule has 0 fully saturated rings. The summed E-state index contributed by atoms with van der Waals surface area (Å²) in [6, 6.07) is 8.84. The summed E-state index contributed by atoms with van der Waals surface area (Å²) >= 11 is 0.975. The number of esters is 1. The van der Waals surface area contributed by atoms with Crippen LogP contribution in [-0.2, 0) is 9.53 Å². The Labute approximate surface area is 182 Å². The Kier molecular flexibility index (Phi) is 6.86. The average molecular weight is 445 g/mol. The van der Waals surface area contributed by atoms with Crippen molar-refractivity contribution in [2.75, 3.05) is 20.8 Å². The number of aromatic hydroxyl groups is 1. The highest BCUT2D eigenvalue weighted by atomic mass is 32.2. The molecule has 162 valence electrons. The Morgan fingerprint density at radius 1 is 1.19 bits per heavy atom. The summed E-state index contributed by atoms with van der Waals surface area (Å²) in [5, 5.41) is 21.0. The summed E-state index contributed by atoms with van der Waals surface area (Å²) in [7, 11) is 2.82. The van der Waals surface area contributed by atoms with E-state index in [1.165, 1.54) is 44.6 Å². The number of carbonyl (C=O) groups is 1. The highest BCUT2D eigenvalue weighted by molar-refractivity contribution is 8.18. The third-order valence-corrected chi connectivity index (χ3v) is 5.24. The van der Waals surface area contributed by atoms with Gasteiger partial charge in [-0.05, 0) is 42.8 Å². The highest BCUT2D eigenvalue weighted by Gasteiger charge is 2.33. The van der Waals surface area contributed by atoms with Gasteiger partial charge in [-0.1, -0.05) is 23.9 Å². The Hall–Kier alpha value is -3.46. The number of phenols is 1. The third-order valence-electron chi connectivity index (χ3n) is 4.22. The number of methoxy groups -OCH3 is 2. The lowest BCUT2D eigenvalue weighted by molar-refractivity contribution is -0.138. The number of hydrogen-bond donors (Lipinski definition) is 2. The van der Waals surface area contributed by atoms with Gasteiger partial charge in [-0.15, -0.1) is 0 Å². The maximum Gasteiger partial charge on any atom is 0.344 e. The van der Waals surface area contributed by atoms with Gasteiger partial charge in [-0.2, -0.15) is 0 Å². The second kappa shape index (κ2) is 9.57. The number of rotatable bonds is 6. The SMILES string of the molecule is CCOC(=O)C1=C(O)C(=Cc2cc(O)c(OC)c(OC)c2)SC1=Nc1ccccc1F. The van der Waals surface area contributed by atoms with Crippen LogP contribution in [-0.4, -0.2) is 42.1 Å². The molecule has 31 heavy (non-hydrogen) atoms. The molecule has 3 rings (SSSR count). The van der Waals surface area contributed by atoms with E-state index < -0.39 is 11.8 Å². The fourth-order valence-electron chi connectivity index (χ4n) is 2.84. The third kappa shape index (κ3) is 4.66. The predicted octanol–water partition coefficient (Wildman–Crippen LogP) is 4.74. The second-order valence-corrected chi connectivity index (χ2v) is 7.23. The van der Waals surface area contributed by atoms with E-state index in [1.807, 2.05) is 0 Å². The normalized spacial score (nSPS) is 16.1. The van der Waals surface area contributed by atoms with Crippen molar-refractivity contribution in [3.05, 3.63) is 64.0 Å². The van der Waals surface area contributed by atoms with E-state index in [0.29, 0.717) is 5.56 Å². The Bertz CT molecular complexity index is 1110. The fraction of sp³-hybridized carbons (Fsp3) is 0.182. The maximum absolute atomic E-state index is 14.1. The highest BCUT2D eigenvalue weighted by Crippen LogP contribution is 2.43. The Morgan fingerprint density at radius 2 is 1.94 bits per heavy atom. The van der Waals surface area contributed by atoms with Gasteiger partial charge in [0.05, 0.1) is 25.7 Å². The van der Waals surface area contributed by atoms with Gasteiger partial charge >= 0.3 is 5.97 Å². The van der Waals surface area contributed by atoms with Gasteiger partial charge in [0.15, 0.2) is 11.5 Å². The van der Waals surface area contributed by atoms with Crippen LogP contribution in [0.3, 0.4) is 0 Å². The molecule has 7 nitrogen and oxygen atoms in total. The van der Waals surface area contributed by atoms with E-state index in [1.54, 1.807) is 19.1 Å². The number of thioether (sulfide) groups is 1. The molecule has 2 N–H and O–H groups in total. The van der Waals surface area contributed by atoms with Gasteiger partial charge in [-0.3, -0.25) is 0 Å². The van der Waals surface area contributed by atoms with Crippen molar-refractivity contribution in [2.45, 2.75) is 6.92 Å². The van der Waals surface area contributed by atoms with E-state index in [0.717, 1.165) is 11.8 Å². The van der Waals surface area contributed by atoms with E-state index in [9.17, 15) is 19.4 Å². The molecule has 0 radical (unpaired) electrons. The number of hydrogen-bond acceptors (Lipinski definition) is 8. The second-order valence-electron chi connectivity index (χ2n) is 6.20. The minimum absolute atomic E-state index is 0.0182. The molecule has 0 saturated carbocycles. The number of aliphatic hydroxyl groups is 1. The molecule has 0 amide bonds. The first kappa shape index (κ1) is 22.2. The number of aliphatic imine (C=N–C) groups is 1. The Balaban J connectivity index is 2.09.